The molecule has 0 saturated heterocycles. The summed E-state index contributed by atoms with van der Waals surface area (Å²) in [5.74, 6) is 0. The summed E-state index contributed by atoms with van der Waals surface area (Å²) in [5.41, 5.74) is -4.25. The van der Waals surface area contributed by atoms with E-state index in [1.54, 1.807) is 0 Å². The quantitative estimate of drug-likeness (QED) is 0.572. The number of hydrogen-bond acceptors (Lipinski definition) is 5. The Morgan fingerprint density at radius 2 is 2.08 bits per heavy atom. The smallest absolute Gasteiger partial charge is 0.363 e. The van der Waals surface area contributed by atoms with Crippen molar-refractivity contribution < 1.29 is 25.8 Å². The molecule has 0 spiro atoms. The molecule has 0 radical (unpaired) electrons. The summed E-state index contributed by atoms with van der Waals surface area (Å²) in [4.78, 5) is 3.35. The zero-order valence-corrected chi connectivity index (χ0v) is 7.41. The van der Waals surface area contributed by atoms with Gasteiger partial charge >= 0.3 is 15.6 Å². The molecule has 74 valence electrons. The summed E-state index contributed by atoms with van der Waals surface area (Å²) in [5, 5.41) is -0.419. The lowest BCUT2D eigenvalue weighted by Gasteiger charge is -2.06. The molecule has 4 nitrogen and oxygen atoms in total. The number of aromatic nitrogens is 1. The van der Waals surface area contributed by atoms with Gasteiger partial charge in [-0.05, 0) is 0 Å². The molecule has 1 heterocycles. The SMILES string of the molecule is O=S(=O)(Oc1cncs1)C(F)(F)F. The van der Waals surface area contributed by atoms with Crippen molar-refractivity contribution in [1.29, 1.82) is 0 Å². The second-order valence-electron chi connectivity index (χ2n) is 1.80. The van der Waals surface area contributed by atoms with Crippen LogP contribution in [-0.4, -0.2) is 18.9 Å². The van der Waals surface area contributed by atoms with Crippen molar-refractivity contribution in [3.8, 4) is 5.06 Å². The molecular weight excluding hydrogens is 231 g/mol. The van der Waals surface area contributed by atoms with Gasteiger partial charge in [0.2, 0.25) is 5.06 Å². The van der Waals surface area contributed by atoms with Crippen molar-refractivity contribution in [2.75, 3.05) is 0 Å². The molecule has 0 aliphatic carbocycles. The van der Waals surface area contributed by atoms with Gasteiger partial charge in [-0.2, -0.15) is 21.6 Å². The summed E-state index contributed by atoms with van der Waals surface area (Å²) >= 11 is 0.653. The third kappa shape index (κ3) is 2.31. The minimum Gasteiger partial charge on any atom is -0.363 e. The molecule has 9 heteroatoms. The van der Waals surface area contributed by atoms with E-state index in [1.807, 2.05) is 0 Å². The average molecular weight is 233 g/mol. The molecule has 0 aliphatic rings. The van der Waals surface area contributed by atoms with E-state index in [9.17, 15) is 21.6 Å². The van der Waals surface area contributed by atoms with E-state index in [0.717, 1.165) is 11.7 Å². The minimum atomic E-state index is -5.55. The van der Waals surface area contributed by atoms with Crippen LogP contribution in [0, 0.1) is 0 Å². The summed E-state index contributed by atoms with van der Waals surface area (Å²) in [6.45, 7) is 0. The van der Waals surface area contributed by atoms with Crippen LogP contribution in [0.25, 0.3) is 0 Å². The van der Waals surface area contributed by atoms with Crippen LogP contribution < -0.4 is 4.18 Å². The molecule has 1 rings (SSSR count). The predicted molar refractivity (Wildman–Crippen MR) is 37.7 cm³/mol. The zero-order valence-electron chi connectivity index (χ0n) is 5.78. The maximum absolute atomic E-state index is 11.7. The van der Waals surface area contributed by atoms with Crippen LogP contribution in [-0.2, 0) is 10.1 Å². The van der Waals surface area contributed by atoms with Crippen LogP contribution in [0.5, 0.6) is 5.06 Å². The lowest BCUT2D eigenvalue weighted by Crippen LogP contribution is -2.27. The first-order valence-electron chi connectivity index (χ1n) is 2.72. The van der Waals surface area contributed by atoms with E-state index in [-0.39, 0.29) is 0 Å². The molecule has 0 fully saturated rings. The Labute approximate surface area is 75.1 Å². The highest BCUT2D eigenvalue weighted by molar-refractivity contribution is 7.88. The molecular formula is C4H2F3NO3S2. The van der Waals surface area contributed by atoms with Gasteiger partial charge in [-0.25, -0.2) is 4.98 Å². The molecule has 0 aromatic carbocycles. The molecule has 0 N–H and O–H groups in total. The number of rotatable bonds is 2. The molecule has 0 bridgehead atoms. The Hall–Kier alpha value is -0.830. The Morgan fingerprint density at radius 1 is 1.46 bits per heavy atom. The van der Waals surface area contributed by atoms with Crippen LogP contribution >= 0.6 is 11.3 Å². The van der Waals surface area contributed by atoms with Crippen LogP contribution in [0.15, 0.2) is 11.7 Å². The Kier molecular flexibility index (Phi) is 2.48. The van der Waals surface area contributed by atoms with E-state index >= 15 is 0 Å². The van der Waals surface area contributed by atoms with Crippen molar-refractivity contribution in [2.24, 2.45) is 0 Å². The van der Waals surface area contributed by atoms with Gasteiger partial charge in [-0.3, -0.25) is 0 Å². The van der Waals surface area contributed by atoms with E-state index in [0.29, 0.717) is 11.3 Å². The summed E-state index contributed by atoms with van der Waals surface area (Å²) in [7, 11) is -5.55. The van der Waals surface area contributed by atoms with Gasteiger partial charge < -0.3 is 4.18 Å². The number of hydrogen-bond donors (Lipinski definition) is 0. The number of nitrogens with zero attached hydrogens (tertiary/aromatic N) is 1. The summed E-state index contributed by atoms with van der Waals surface area (Å²) in [6, 6.07) is 0. The van der Waals surface area contributed by atoms with Gasteiger partial charge in [0.25, 0.3) is 0 Å². The highest BCUT2D eigenvalue weighted by Crippen LogP contribution is 2.28. The monoisotopic (exact) mass is 233 g/mol. The lowest BCUT2D eigenvalue weighted by atomic mass is 10.9. The Bertz CT molecular complexity index is 368. The van der Waals surface area contributed by atoms with E-state index in [4.69, 9.17) is 0 Å². The zero-order chi connectivity index (χ0) is 10.1. The maximum Gasteiger partial charge on any atom is 0.534 e. The number of thiazole rings is 1. The highest BCUT2D eigenvalue weighted by atomic mass is 32.2. The molecule has 13 heavy (non-hydrogen) atoms. The van der Waals surface area contributed by atoms with Gasteiger partial charge in [-0.15, -0.1) is 0 Å². The molecule has 0 atom stereocenters. The van der Waals surface area contributed by atoms with Crippen LogP contribution in [0.4, 0.5) is 13.2 Å². The first kappa shape index (κ1) is 10.3. The first-order chi connectivity index (χ1) is 5.83. The fourth-order valence-electron chi connectivity index (χ4n) is 0.401. The lowest BCUT2D eigenvalue weighted by molar-refractivity contribution is -0.0498. The molecule has 0 aliphatic heterocycles. The van der Waals surface area contributed by atoms with Crippen LogP contribution in [0.2, 0.25) is 0 Å². The van der Waals surface area contributed by atoms with Crippen molar-refractivity contribution >= 4 is 21.5 Å². The van der Waals surface area contributed by atoms with Gasteiger partial charge in [-0.1, -0.05) is 11.3 Å². The summed E-state index contributed by atoms with van der Waals surface area (Å²) in [6.07, 6.45) is 0.883. The van der Waals surface area contributed by atoms with E-state index in [2.05, 4.69) is 9.17 Å². The average Bonchev–Trinajstić information content (AvgIpc) is 2.35. The maximum atomic E-state index is 11.7. The first-order valence-corrected chi connectivity index (χ1v) is 5.01. The van der Waals surface area contributed by atoms with Crippen LogP contribution in [0.3, 0.4) is 0 Å². The fraction of sp³-hybridized carbons (Fsp3) is 0.250. The Balaban J connectivity index is 2.87. The van der Waals surface area contributed by atoms with Gasteiger partial charge in [0, 0.05) is 0 Å². The predicted octanol–water partition coefficient (Wildman–Crippen LogP) is 1.37. The molecule has 0 amide bonds. The molecule has 1 aromatic heterocycles. The van der Waals surface area contributed by atoms with Crippen LogP contribution in [0.1, 0.15) is 0 Å². The standard InChI is InChI=1S/C4H2F3NO3S2/c5-4(6,7)13(9,10)11-3-1-8-2-12-3/h1-2H. The highest BCUT2D eigenvalue weighted by Gasteiger charge is 2.48. The van der Waals surface area contributed by atoms with Crippen molar-refractivity contribution in [1.82, 2.24) is 4.98 Å². The van der Waals surface area contributed by atoms with E-state index in [1.165, 1.54) is 0 Å². The van der Waals surface area contributed by atoms with Gasteiger partial charge in [0.1, 0.15) is 0 Å². The van der Waals surface area contributed by atoms with Gasteiger partial charge in [0.15, 0.2) is 0 Å². The topological polar surface area (TPSA) is 56.3 Å². The van der Waals surface area contributed by atoms with Crippen molar-refractivity contribution in [2.45, 2.75) is 5.51 Å². The third-order valence-electron chi connectivity index (χ3n) is 0.885. The fourth-order valence-corrected chi connectivity index (χ4v) is 1.53. The van der Waals surface area contributed by atoms with Crippen molar-refractivity contribution in [3.63, 3.8) is 0 Å². The minimum absolute atomic E-state index is 0.419. The molecule has 0 saturated carbocycles. The largest absolute Gasteiger partial charge is 0.534 e. The normalized spacial score (nSPS) is 12.8. The Morgan fingerprint density at radius 3 is 2.46 bits per heavy atom. The molecule has 1 aromatic rings. The summed E-state index contributed by atoms with van der Waals surface area (Å²) < 4.78 is 59.5. The second kappa shape index (κ2) is 3.14. The number of alkyl halides is 3. The third-order valence-corrected chi connectivity index (χ3v) is 2.60. The second-order valence-corrected chi connectivity index (χ2v) is 4.19. The number of halogens is 3. The molecule has 0 unspecified atom stereocenters. The van der Waals surface area contributed by atoms with E-state index < -0.39 is 20.7 Å². The van der Waals surface area contributed by atoms with Gasteiger partial charge in [0.05, 0.1) is 11.7 Å². The van der Waals surface area contributed by atoms with Crippen molar-refractivity contribution in [3.05, 3.63) is 11.7 Å².